The lowest BCUT2D eigenvalue weighted by atomic mass is 10.1. The third kappa shape index (κ3) is 8.89. The van der Waals surface area contributed by atoms with Gasteiger partial charge in [-0.3, -0.25) is 4.79 Å². The lowest BCUT2D eigenvalue weighted by Crippen LogP contribution is -2.51. The van der Waals surface area contributed by atoms with Gasteiger partial charge < -0.3 is 15.3 Å². The van der Waals surface area contributed by atoms with E-state index >= 15 is 0 Å². The number of amides is 2. The van der Waals surface area contributed by atoms with Crippen molar-refractivity contribution in [1.29, 1.82) is 0 Å². The fraction of sp³-hybridized carbons (Fsp3) is 0.818. The molecule has 0 aromatic heterocycles. The minimum absolute atomic E-state index is 0.00290. The van der Waals surface area contributed by atoms with Crippen molar-refractivity contribution in [2.24, 2.45) is 0 Å². The Hall–Kier alpha value is -1.12. The predicted octanol–water partition coefficient (Wildman–Crippen LogP) is 2.52. The number of hydrogen-bond acceptors (Lipinski definition) is 3. The van der Waals surface area contributed by atoms with E-state index in [0.29, 0.717) is 0 Å². The van der Waals surface area contributed by atoms with E-state index in [1.54, 1.807) is 20.8 Å². The highest BCUT2D eigenvalue weighted by Crippen LogP contribution is 2.29. The standard InChI is InChI=1S/C11H19F3N2O3S/c1-10(2,3)16(6-4-8(17)18)9(19)15-5-7-20-11(12,13)14/h4-7H2,1-3H3,(H,15,19)(H,17,18). The summed E-state index contributed by atoms with van der Waals surface area (Å²) in [5.41, 5.74) is -4.94. The summed E-state index contributed by atoms with van der Waals surface area (Å²) in [6.45, 7) is 5.02. The van der Waals surface area contributed by atoms with Crippen LogP contribution < -0.4 is 5.32 Å². The van der Waals surface area contributed by atoms with Crippen LogP contribution in [0.4, 0.5) is 18.0 Å². The summed E-state index contributed by atoms with van der Waals surface area (Å²) in [4.78, 5) is 23.7. The number of urea groups is 1. The van der Waals surface area contributed by atoms with E-state index in [4.69, 9.17) is 5.11 Å². The predicted molar refractivity (Wildman–Crippen MR) is 70.6 cm³/mol. The van der Waals surface area contributed by atoms with Crippen LogP contribution in [-0.4, -0.2) is 51.9 Å². The van der Waals surface area contributed by atoms with Crippen LogP contribution >= 0.6 is 11.8 Å². The Balaban J connectivity index is 4.32. The summed E-state index contributed by atoms with van der Waals surface area (Å²) in [6.07, 6.45) is -0.220. The molecular formula is C11H19F3N2O3S. The summed E-state index contributed by atoms with van der Waals surface area (Å²) >= 11 is -0.214. The first kappa shape index (κ1) is 18.9. The van der Waals surface area contributed by atoms with Gasteiger partial charge >= 0.3 is 17.5 Å². The first-order valence-electron chi connectivity index (χ1n) is 5.91. The van der Waals surface area contributed by atoms with Gasteiger partial charge in [0.15, 0.2) is 0 Å². The van der Waals surface area contributed by atoms with E-state index < -0.39 is 23.0 Å². The molecule has 0 aliphatic rings. The van der Waals surface area contributed by atoms with Crippen molar-refractivity contribution >= 4 is 23.8 Å². The van der Waals surface area contributed by atoms with E-state index in [2.05, 4.69) is 5.32 Å². The van der Waals surface area contributed by atoms with Crippen molar-refractivity contribution in [3.05, 3.63) is 0 Å². The average molecular weight is 316 g/mol. The number of aliphatic carboxylic acids is 1. The second-order valence-electron chi connectivity index (χ2n) is 4.99. The maximum Gasteiger partial charge on any atom is 0.441 e. The van der Waals surface area contributed by atoms with Gasteiger partial charge in [-0.05, 0) is 32.5 Å². The molecule has 5 nitrogen and oxygen atoms in total. The van der Waals surface area contributed by atoms with E-state index in [9.17, 15) is 22.8 Å². The fourth-order valence-electron chi connectivity index (χ4n) is 1.37. The van der Waals surface area contributed by atoms with Gasteiger partial charge in [-0.2, -0.15) is 13.2 Å². The second-order valence-corrected chi connectivity index (χ2v) is 6.15. The molecule has 0 unspecified atom stereocenters. The average Bonchev–Trinajstić information content (AvgIpc) is 2.20. The molecule has 0 radical (unpaired) electrons. The van der Waals surface area contributed by atoms with Gasteiger partial charge in [-0.1, -0.05) is 0 Å². The lowest BCUT2D eigenvalue weighted by molar-refractivity contribution is -0.137. The van der Waals surface area contributed by atoms with Crippen LogP contribution in [0.3, 0.4) is 0 Å². The van der Waals surface area contributed by atoms with Crippen LogP contribution in [0.2, 0.25) is 0 Å². The molecule has 0 aliphatic carbocycles. The van der Waals surface area contributed by atoms with Gasteiger partial charge in [-0.15, -0.1) is 0 Å². The lowest BCUT2D eigenvalue weighted by Gasteiger charge is -2.35. The molecule has 0 heterocycles. The number of nitrogens with one attached hydrogen (secondary N) is 1. The van der Waals surface area contributed by atoms with Gasteiger partial charge in [0.1, 0.15) is 0 Å². The van der Waals surface area contributed by atoms with Crippen LogP contribution in [0, 0.1) is 0 Å². The van der Waals surface area contributed by atoms with Crippen molar-refractivity contribution in [3.8, 4) is 0 Å². The molecule has 0 aromatic carbocycles. The van der Waals surface area contributed by atoms with Crippen LogP contribution in [0.1, 0.15) is 27.2 Å². The number of hydrogen-bond donors (Lipinski definition) is 2. The molecule has 2 N–H and O–H groups in total. The zero-order valence-electron chi connectivity index (χ0n) is 11.6. The Labute approximate surface area is 119 Å². The molecule has 0 fully saturated rings. The van der Waals surface area contributed by atoms with Gasteiger partial charge in [0.25, 0.3) is 0 Å². The van der Waals surface area contributed by atoms with E-state index in [1.165, 1.54) is 4.90 Å². The van der Waals surface area contributed by atoms with Gasteiger partial charge in [0.05, 0.1) is 6.42 Å². The van der Waals surface area contributed by atoms with E-state index in [0.717, 1.165) is 0 Å². The Morgan fingerprint density at radius 2 is 1.80 bits per heavy atom. The number of nitrogens with zero attached hydrogens (tertiary/aromatic N) is 1. The van der Waals surface area contributed by atoms with Crippen LogP contribution in [0.5, 0.6) is 0 Å². The summed E-state index contributed by atoms with van der Waals surface area (Å²) in [6, 6.07) is -0.568. The monoisotopic (exact) mass is 316 g/mol. The smallest absolute Gasteiger partial charge is 0.441 e. The highest BCUT2D eigenvalue weighted by atomic mass is 32.2. The topological polar surface area (TPSA) is 69.6 Å². The van der Waals surface area contributed by atoms with Crippen molar-refractivity contribution in [1.82, 2.24) is 10.2 Å². The van der Waals surface area contributed by atoms with Crippen LogP contribution in [0.15, 0.2) is 0 Å². The number of rotatable bonds is 6. The largest absolute Gasteiger partial charge is 0.481 e. The van der Waals surface area contributed by atoms with Gasteiger partial charge in [0.2, 0.25) is 0 Å². The third-order valence-electron chi connectivity index (χ3n) is 2.25. The Morgan fingerprint density at radius 1 is 1.25 bits per heavy atom. The molecule has 0 spiro atoms. The molecule has 2 amide bonds. The number of carboxylic acids is 1. The molecular weight excluding hydrogens is 297 g/mol. The number of carboxylic acid groups (broad SMARTS) is 1. The summed E-state index contributed by atoms with van der Waals surface area (Å²) in [5, 5.41) is 11.0. The van der Waals surface area contributed by atoms with E-state index in [1.807, 2.05) is 0 Å². The second kappa shape index (κ2) is 7.61. The van der Waals surface area contributed by atoms with Crippen LogP contribution in [-0.2, 0) is 4.79 Å². The van der Waals surface area contributed by atoms with Crippen molar-refractivity contribution in [3.63, 3.8) is 0 Å². The van der Waals surface area contributed by atoms with E-state index in [-0.39, 0.29) is 37.0 Å². The number of thioether (sulfide) groups is 1. The first-order chi connectivity index (χ1) is 8.93. The molecule has 0 rings (SSSR count). The number of carbonyl (C=O) groups is 2. The zero-order chi connectivity index (χ0) is 16.0. The SMILES string of the molecule is CC(C)(C)N(CCC(=O)O)C(=O)NCCSC(F)(F)F. The first-order valence-corrected chi connectivity index (χ1v) is 6.90. The summed E-state index contributed by atoms with van der Waals surface area (Å²) < 4.78 is 35.7. The van der Waals surface area contributed by atoms with Gasteiger partial charge in [0, 0.05) is 24.4 Å². The van der Waals surface area contributed by atoms with Crippen molar-refractivity contribution in [2.45, 2.75) is 38.2 Å². The third-order valence-corrected chi connectivity index (χ3v) is 2.98. The minimum atomic E-state index is -4.32. The van der Waals surface area contributed by atoms with Gasteiger partial charge in [-0.25, -0.2) is 4.79 Å². The van der Waals surface area contributed by atoms with Crippen LogP contribution in [0.25, 0.3) is 0 Å². The molecule has 0 aliphatic heterocycles. The maximum absolute atomic E-state index is 11.9. The normalized spacial score (nSPS) is 12.1. The highest BCUT2D eigenvalue weighted by Gasteiger charge is 2.29. The quantitative estimate of drug-likeness (QED) is 0.739. The Bertz CT molecular complexity index is 343. The summed E-state index contributed by atoms with van der Waals surface area (Å²) in [5.74, 6) is -1.33. The molecule has 0 aromatic rings. The molecule has 0 saturated heterocycles. The molecule has 9 heteroatoms. The van der Waals surface area contributed by atoms with Crippen molar-refractivity contribution < 1.29 is 27.9 Å². The molecule has 0 atom stereocenters. The molecule has 0 bridgehead atoms. The highest BCUT2D eigenvalue weighted by molar-refractivity contribution is 8.00. The number of carbonyl (C=O) groups excluding carboxylic acids is 1. The molecule has 118 valence electrons. The molecule has 20 heavy (non-hydrogen) atoms. The Morgan fingerprint density at radius 3 is 2.20 bits per heavy atom. The number of alkyl halides is 3. The van der Waals surface area contributed by atoms with Crippen molar-refractivity contribution in [2.75, 3.05) is 18.8 Å². The summed E-state index contributed by atoms with van der Waals surface area (Å²) in [7, 11) is 0. The Kier molecular flexibility index (Phi) is 7.18. The minimum Gasteiger partial charge on any atom is -0.481 e. The number of halogens is 3. The molecule has 0 saturated carbocycles. The fourth-order valence-corrected chi connectivity index (χ4v) is 1.80. The maximum atomic E-state index is 11.9. The zero-order valence-corrected chi connectivity index (χ0v) is 12.4.